The summed E-state index contributed by atoms with van der Waals surface area (Å²) in [7, 11) is 1.56. The second-order valence-corrected chi connectivity index (χ2v) is 16.8. The van der Waals surface area contributed by atoms with Crippen LogP contribution in [0.25, 0.3) is 0 Å². The summed E-state index contributed by atoms with van der Waals surface area (Å²) in [5.41, 5.74) is 6.07. The van der Waals surface area contributed by atoms with E-state index < -0.39 is 5.72 Å². The van der Waals surface area contributed by atoms with Crippen molar-refractivity contribution in [3.8, 4) is 0 Å². The maximum Gasteiger partial charge on any atom is 0.335 e. The second-order valence-electron chi connectivity index (χ2n) is 16.8. The van der Waals surface area contributed by atoms with Crippen molar-refractivity contribution in [2.75, 3.05) is 37.0 Å². The molecule has 2 aromatic rings. The first kappa shape index (κ1) is 26.8. The van der Waals surface area contributed by atoms with E-state index in [1.807, 2.05) is 0 Å². The van der Waals surface area contributed by atoms with Crippen LogP contribution in [-0.2, 0) is 25.1 Å². The summed E-state index contributed by atoms with van der Waals surface area (Å²) in [6.45, 7) is 8.03. The summed E-state index contributed by atoms with van der Waals surface area (Å²) >= 11 is 0. The number of carbonyl (C=O) groups excluding carboxylic acids is 1. The standard InChI is InChI=1S/C40H44N4O3/c1-4-35-15-10-18-42-19-17-39(33(35)42)26-12-7-9-14-29(26)44-34-36-21-24(32(45)46-3)30-38(34,25-11-6-8-13-28(25)41-30)16-20-43(36)31-27(22-35)40(39,44)47-37(31,5-2)23-36/h6-15,27,31,33-34,41H,4-5,16-23H2,1-3H3/t27-,31-,33-,34+,35-,36-,37-,38+,39+,40+/m0/s1. The zero-order valence-electron chi connectivity index (χ0n) is 27.7. The summed E-state index contributed by atoms with van der Waals surface area (Å²) in [6.07, 6.45) is 12.3. The van der Waals surface area contributed by atoms with Crippen LogP contribution in [0.2, 0.25) is 0 Å². The van der Waals surface area contributed by atoms with Gasteiger partial charge in [0.15, 0.2) is 5.72 Å². The van der Waals surface area contributed by atoms with E-state index in [2.05, 4.69) is 94.5 Å². The number of fused-ring (bicyclic) bond motifs is 3. The lowest BCUT2D eigenvalue weighted by molar-refractivity contribution is -0.183. The molecule has 6 bridgehead atoms. The highest BCUT2D eigenvalue weighted by atomic mass is 16.6. The third-order valence-electron chi connectivity index (χ3n) is 16.1. The zero-order chi connectivity index (χ0) is 31.3. The normalized spacial score (nSPS) is 49.3. The van der Waals surface area contributed by atoms with Gasteiger partial charge in [-0.3, -0.25) is 9.80 Å². The molecule has 12 rings (SSSR count). The molecule has 1 saturated carbocycles. The number of hydrogen-bond acceptors (Lipinski definition) is 7. The fourth-order valence-electron chi connectivity index (χ4n) is 15.2. The van der Waals surface area contributed by atoms with Crippen LogP contribution >= 0.6 is 0 Å². The van der Waals surface area contributed by atoms with E-state index >= 15 is 0 Å². The Morgan fingerprint density at radius 2 is 1.85 bits per heavy atom. The van der Waals surface area contributed by atoms with E-state index in [0.29, 0.717) is 24.4 Å². The number of esters is 1. The lowest BCUT2D eigenvalue weighted by Crippen LogP contribution is -2.78. The molecule has 5 saturated heterocycles. The van der Waals surface area contributed by atoms with E-state index in [4.69, 9.17) is 9.47 Å². The Labute approximate surface area is 276 Å². The molecule has 0 aromatic heterocycles. The van der Waals surface area contributed by atoms with Gasteiger partial charge in [0, 0.05) is 60.0 Å². The summed E-state index contributed by atoms with van der Waals surface area (Å²) < 4.78 is 13.9. The predicted octanol–water partition coefficient (Wildman–Crippen LogP) is 5.47. The number of nitrogens with zero attached hydrogens (tertiary/aromatic N) is 3. The Morgan fingerprint density at radius 1 is 1.02 bits per heavy atom. The van der Waals surface area contributed by atoms with Crippen LogP contribution in [-0.4, -0.2) is 77.5 Å². The Balaban J connectivity index is 1.25. The Bertz CT molecular complexity index is 1910. The molecule has 4 spiro atoms. The van der Waals surface area contributed by atoms with Crippen molar-refractivity contribution in [1.29, 1.82) is 0 Å². The molecule has 242 valence electrons. The molecule has 0 amide bonds. The van der Waals surface area contributed by atoms with Crippen LogP contribution in [0, 0.1) is 11.3 Å². The maximum atomic E-state index is 14.0. The predicted molar refractivity (Wildman–Crippen MR) is 179 cm³/mol. The number of ether oxygens (including phenoxy) is 2. The van der Waals surface area contributed by atoms with Crippen LogP contribution in [0.15, 0.2) is 72.0 Å². The maximum absolute atomic E-state index is 14.0. The SMILES string of the molecule is CC[C@]12C=CCN3CC[C@@]4(c5ccccc5N5[C@@H]6[C@@]78CC(C(=O)OC)=C9Nc%10ccccc%10[C@]96CCN7[C@H]6[C@H](C1)[C@]54O[C@@]6(CC)C8)[C@@H]32. The third-order valence-corrected chi connectivity index (χ3v) is 16.1. The average Bonchev–Trinajstić information content (AvgIpc) is 3.83. The molecule has 2 aromatic carbocycles. The molecule has 1 unspecified atom stereocenters. The Kier molecular flexibility index (Phi) is 4.47. The fourth-order valence-corrected chi connectivity index (χ4v) is 15.2. The molecule has 8 aliphatic heterocycles. The Hall–Kier alpha value is -3.13. The molecule has 0 radical (unpaired) electrons. The number of methoxy groups -OCH3 is 1. The monoisotopic (exact) mass is 628 g/mol. The van der Waals surface area contributed by atoms with Crippen LogP contribution in [0.1, 0.15) is 69.9 Å². The molecule has 7 nitrogen and oxygen atoms in total. The molecule has 6 fully saturated rings. The molecule has 2 aliphatic carbocycles. The van der Waals surface area contributed by atoms with Gasteiger partial charge in [-0.05, 0) is 68.3 Å². The van der Waals surface area contributed by atoms with Gasteiger partial charge in [-0.1, -0.05) is 62.4 Å². The van der Waals surface area contributed by atoms with Crippen LogP contribution in [0.4, 0.5) is 11.4 Å². The Morgan fingerprint density at radius 3 is 2.68 bits per heavy atom. The van der Waals surface area contributed by atoms with E-state index in [1.54, 1.807) is 7.11 Å². The van der Waals surface area contributed by atoms with Crippen molar-refractivity contribution < 1.29 is 14.3 Å². The first-order valence-corrected chi connectivity index (χ1v) is 18.4. The molecule has 47 heavy (non-hydrogen) atoms. The number of piperidine rings is 1. The highest BCUT2D eigenvalue weighted by molar-refractivity contribution is 5.94. The third kappa shape index (κ3) is 2.34. The minimum absolute atomic E-state index is 0.115. The lowest BCUT2D eigenvalue weighted by Gasteiger charge is -2.65. The zero-order valence-corrected chi connectivity index (χ0v) is 27.7. The van der Waals surface area contributed by atoms with Crippen molar-refractivity contribution in [3.63, 3.8) is 0 Å². The van der Waals surface area contributed by atoms with Gasteiger partial charge in [0.25, 0.3) is 0 Å². The quantitative estimate of drug-likeness (QED) is 0.357. The van der Waals surface area contributed by atoms with Gasteiger partial charge in [0.1, 0.15) is 0 Å². The fraction of sp³-hybridized carbons (Fsp3) is 0.575. The highest BCUT2D eigenvalue weighted by Crippen LogP contribution is 2.82. The first-order valence-electron chi connectivity index (χ1n) is 18.4. The minimum atomic E-state index is -0.440. The molecule has 7 heteroatoms. The minimum Gasteiger partial charge on any atom is -0.466 e. The number of para-hydroxylation sites is 2. The first-order chi connectivity index (χ1) is 22.9. The molecule has 10 aliphatic rings. The van der Waals surface area contributed by atoms with Crippen LogP contribution < -0.4 is 10.2 Å². The largest absolute Gasteiger partial charge is 0.466 e. The molecule has 8 heterocycles. The van der Waals surface area contributed by atoms with Crippen molar-refractivity contribution in [2.45, 2.75) is 105 Å². The van der Waals surface area contributed by atoms with Crippen molar-refractivity contribution >= 4 is 17.3 Å². The number of anilines is 2. The van der Waals surface area contributed by atoms with E-state index in [-0.39, 0.29) is 39.4 Å². The van der Waals surface area contributed by atoms with Gasteiger partial charge < -0.3 is 19.7 Å². The van der Waals surface area contributed by atoms with E-state index in [1.165, 1.54) is 16.8 Å². The lowest BCUT2D eigenvalue weighted by atomic mass is 9.48. The van der Waals surface area contributed by atoms with Crippen LogP contribution in [0.3, 0.4) is 0 Å². The molecular formula is C40H44N4O3. The van der Waals surface area contributed by atoms with E-state index in [9.17, 15) is 4.79 Å². The number of benzene rings is 2. The summed E-state index contributed by atoms with van der Waals surface area (Å²) in [5, 5.41) is 3.90. The smallest absolute Gasteiger partial charge is 0.335 e. The van der Waals surface area contributed by atoms with Crippen molar-refractivity contribution in [2.24, 2.45) is 11.3 Å². The van der Waals surface area contributed by atoms with Gasteiger partial charge in [-0.25, -0.2) is 4.79 Å². The molecule has 11 atom stereocenters. The molecule has 1 N–H and O–H groups in total. The van der Waals surface area contributed by atoms with Gasteiger partial charge in [-0.2, -0.15) is 0 Å². The van der Waals surface area contributed by atoms with Gasteiger partial charge >= 0.3 is 5.97 Å². The van der Waals surface area contributed by atoms with Gasteiger partial charge in [0.2, 0.25) is 0 Å². The summed E-state index contributed by atoms with van der Waals surface area (Å²) in [6, 6.07) is 19.3. The van der Waals surface area contributed by atoms with Gasteiger partial charge in [0.05, 0.1) is 40.7 Å². The molecular weight excluding hydrogens is 584 g/mol. The van der Waals surface area contributed by atoms with Crippen LogP contribution in [0.5, 0.6) is 0 Å². The summed E-state index contributed by atoms with van der Waals surface area (Å²) in [5.74, 6) is 0.191. The number of nitrogens with one attached hydrogen (secondary N) is 1. The summed E-state index contributed by atoms with van der Waals surface area (Å²) in [4.78, 5) is 22.7. The topological polar surface area (TPSA) is 57.3 Å². The van der Waals surface area contributed by atoms with Crippen molar-refractivity contribution in [3.05, 3.63) is 83.1 Å². The van der Waals surface area contributed by atoms with Gasteiger partial charge in [-0.15, -0.1) is 0 Å². The highest BCUT2D eigenvalue weighted by Gasteiger charge is 2.91. The average molecular weight is 629 g/mol. The number of carbonyl (C=O) groups is 1. The number of hydrogen-bond donors (Lipinski definition) is 1. The number of rotatable bonds is 3. The van der Waals surface area contributed by atoms with E-state index in [0.717, 1.165) is 75.1 Å². The van der Waals surface area contributed by atoms with Crippen molar-refractivity contribution in [1.82, 2.24) is 9.80 Å². The second kappa shape index (κ2) is 7.85.